The molecule has 2 aromatic rings. The molecule has 2 aliphatic rings. The zero-order chi connectivity index (χ0) is 22.5. The Morgan fingerprint density at radius 2 is 1.72 bits per heavy atom. The van der Waals surface area contributed by atoms with Crippen molar-refractivity contribution in [3.05, 3.63) is 46.7 Å². The summed E-state index contributed by atoms with van der Waals surface area (Å²) in [6.07, 6.45) is 5.48. The van der Waals surface area contributed by atoms with E-state index in [1.807, 2.05) is 0 Å². The molecule has 174 valence electrons. The molecule has 0 unspecified atom stereocenters. The fourth-order valence-corrected chi connectivity index (χ4v) is 4.55. The monoisotopic (exact) mass is 487 g/mol. The van der Waals surface area contributed by atoms with Gasteiger partial charge in [-0.25, -0.2) is 23.6 Å². The number of hydrogen-bond donors (Lipinski definition) is 0. The first-order valence-corrected chi connectivity index (χ1v) is 11.5. The minimum absolute atomic E-state index is 0.245. The summed E-state index contributed by atoms with van der Waals surface area (Å²) in [5, 5.41) is 0.527. The molecule has 7 nitrogen and oxygen atoms in total. The molecule has 0 aliphatic carbocycles. The van der Waals surface area contributed by atoms with Crippen LogP contribution in [-0.2, 0) is 18.7 Å². The van der Waals surface area contributed by atoms with Crippen LogP contribution in [-0.4, -0.2) is 43.4 Å². The maximum atomic E-state index is 14.2. The van der Waals surface area contributed by atoms with Crippen LogP contribution in [0.25, 0.3) is 0 Å². The van der Waals surface area contributed by atoms with E-state index in [0.29, 0.717) is 47.7 Å². The van der Waals surface area contributed by atoms with Gasteiger partial charge in [-0.3, -0.25) is 0 Å². The van der Waals surface area contributed by atoms with Gasteiger partial charge in [0, 0.05) is 24.6 Å². The third-order valence-corrected chi connectivity index (χ3v) is 6.57. The standard InChI is InChI=1S/C21H24ClF2N3O4S/c1-28-31-32-19-17(23)7-15(8-18(19)24)20-29-11-14(12-30-20)6-13-2-4-27(5-3-13)21-25-9-16(22)10-26-21/h7-10,13-14,20H,2-6,11-12H2,1H3. The Kier molecular flexibility index (Phi) is 8.14. The average Bonchev–Trinajstić information content (AvgIpc) is 2.80. The van der Waals surface area contributed by atoms with E-state index in [1.165, 1.54) is 19.2 Å². The van der Waals surface area contributed by atoms with Gasteiger partial charge in [-0.15, -0.1) is 0 Å². The first-order valence-electron chi connectivity index (χ1n) is 10.4. The summed E-state index contributed by atoms with van der Waals surface area (Å²) in [6.45, 7) is 2.74. The number of hydrogen-bond acceptors (Lipinski definition) is 8. The Morgan fingerprint density at radius 1 is 1.09 bits per heavy atom. The number of anilines is 1. The first-order chi connectivity index (χ1) is 15.5. The Balaban J connectivity index is 1.24. The lowest BCUT2D eigenvalue weighted by Gasteiger charge is -2.35. The number of benzene rings is 1. The van der Waals surface area contributed by atoms with Gasteiger partial charge in [0.15, 0.2) is 6.29 Å². The highest BCUT2D eigenvalue weighted by Crippen LogP contribution is 2.34. The van der Waals surface area contributed by atoms with E-state index >= 15 is 0 Å². The lowest BCUT2D eigenvalue weighted by atomic mass is 9.87. The second-order valence-corrected chi connectivity index (χ2v) is 9.01. The Labute approximate surface area is 194 Å². The minimum Gasteiger partial charge on any atom is -0.348 e. The molecule has 4 rings (SSSR count). The highest BCUT2D eigenvalue weighted by Gasteiger charge is 2.29. The van der Waals surface area contributed by atoms with Crippen LogP contribution < -0.4 is 4.90 Å². The summed E-state index contributed by atoms with van der Waals surface area (Å²) in [5.41, 5.74) is 0.302. The third-order valence-electron chi connectivity index (χ3n) is 5.62. The van der Waals surface area contributed by atoms with Gasteiger partial charge < -0.3 is 14.4 Å². The summed E-state index contributed by atoms with van der Waals surface area (Å²) in [7, 11) is 1.26. The van der Waals surface area contributed by atoms with Gasteiger partial charge in [0.25, 0.3) is 0 Å². The lowest BCUT2D eigenvalue weighted by Crippen LogP contribution is -2.37. The van der Waals surface area contributed by atoms with Crippen molar-refractivity contribution in [2.75, 3.05) is 38.3 Å². The largest absolute Gasteiger partial charge is 0.348 e. The summed E-state index contributed by atoms with van der Waals surface area (Å²) in [5.74, 6) is -0.00761. The van der Waals surface area contributed by atoms with Gasteiger partial charge >= 0.3 is 0 Å². The maximum absolute atomic E-state index is 14.2. The predicted octanol–water partition coefficient (Wildman–Crippen LogP) is 4.96. The van der Waals surface area contributed by atoms with Crippen LogP contribution in [0.5, 0.6) is 0 Å². The molecule has 0 N–H and O–H groups in total. The topological polar surface area (TPSA) is 65.9 Å². The fourth-order valence-electron chi connectivity index (χ4n) is 4.04. The molecule has 2 aliphatic heterocycles. The van der Waals surface area contributed by atoms with E-state index in [0.717, 1.165) is 32.4 Å². The van der Waals surface area contributed by atoms with Gasteiger partial charge in [-0.2, -0.15) is 4.33 Å². The van der Waals surface area contributed by atoms with Gasteiger partial charge in [-0.1, -0.05) is 11.6 Å². The normalized spacial score (nSPS) is 22.3. The highest BCUT2D eigenvalue weighted by molar-refractivity contribution is 7.94. The highest BCUT2D eigenvalue weighted by atomic mass is 35.5. The van der Waals surface area contributed by atoms with Gasteiger partial charge in [-0.05, 0) is 37.3 Å². The second kappa shape index (κ2) is 11.0. The molecule has 0 spiro atoms. The summed E-state index contributed by atoms with van der Waals surface area (Å²) in [6, 6.07) is 2.40. The molecule has 32 heavy (non-hydrogen) atoms. The molecule has 0 radical (unpaired) electrons. The van der Waals surface area contributed by atoms with E-state index in [4.69, 9.17) is 21.1 Å². The number of piperidine rings is 1. The number of nitrogens with zero attached hydrogens (tertiary/aromatic N) is 3. The van der Waals surface area contributed by atoms with E-state index in [-0.39, 0.29) is 10.8 Å². The maximum Gasteiger partial charge on any atom is 0.225 e. The Morgan fingerprint density at radius 3 is 2.31 bits per heavy atom. The SMILES string of the molecule is COOSc1c(F)cc(C2OCC(CC3CCN(c4ncc(Cl)cn4)CC3)CO2)cc1F. The van der Waals surface area contributed by atoms with Crippen LogP contribution >= 0.6 is 23.6 Å². The van der Waals surface area contributed by atoms with Crippen LogP contribution in [0.1, 0.15) is 31.1 Å². The Hall–Kier alpha value is -1.56. The van der Waals surface area contributed by atoms with Crippen LogP contribution in [0, 0.1) is 23.5 Å². The lowest BCUT2D eigenvalue weighted by molar-refractivity contribution is -0.207. The number of ether oxygens (including phenoxy) is 2. The molecule has 1 aromatic heterocycles. The molecule has 2 saturated heterocycles. The molecule has 0 saturated carbocycles. The molecular formula is C21H24ClF2N3O4S. The average molecular weight is 488 g/mol. The molecule has 0 amide bonds. The van der Waals surface area contributed by atoms with Crippen LogP contribution in [0.3, 0.4) is 0 Å². The number of halogens is 3. The summed E-state index contributed by atoms with van der Waals surface area (Å²) in [4.78, 5) is 14.8. The van der Waals surface area contributed by atoms with Crippen molar-refractivity contribution < 1.29 is 27.5 Å². The van der Waals surface area contributed by atoms with Gasteiger partial charge in [0.1, 0.15) is 16.5 Å². The van der Waals surface area contributed by atoms with Gasteiger partial charge in [0.05, 0.1) is 49.8 Å². The van der Waals surface area contributed by atoms with Crippen LogP contribution in [0.15, 0.2) is 29.4 Å². The molecular weight excluding hydrogens is 464 g/mol. The summed E-state index contributed by atoms with van der Waals surface area (Å²) < 4.78 is 44.6. The first kappa shape index (κ1) is 23.6. The third kappa shape index (κ3) is 5.86. The fraction of sp³-hybridized carbons (Fsp3) is 0.524. The summed E-state index contributed by atoms with van der Waals surface area (Å²) >= 11 is 6.33. The molecule has 3 heterocycles. The smallest absolute Gasteiger partial charge is 0.225 e. The molecule has 11 heteroatoms. The number of rotatable bonds is 7. The van der Waals surface area contributed by atoms with Crippen molar-refractivity contribution in [2.24, 2.45) is 11.8 Å². The molecule has 0 atom stereocenters. The Bertz CT molecular complexity index is 872. The van der Waals surface area contributed by atoms with Crippen molar-refractivity contribution in [1.82, 2.24) is 9.97 Å². The molecule has 2 fully saturated rings. The quantitative estimate of drug-likeness (QED) is 0.308. The van der Waals surface area contributed by atoms with Crippen LogP contribution in [0.2, 0.25) is 5.02 Å². The predicted molar refractivity (Wildman–Crippen MR) is 115 cm³/mol. The molecule has 1 aromatic carbocycles. The second-order valence-electron chi connectivity index (χ2n) is 7.86. The van der Waals surface area contributed by atoms with E-state index in [2.05, 4.69) is 24.1 Å². The minimum atomic E-state index is -0.790. The van der Waals surface area contributed by atoms with Crippen molar-refractivity contribution in [2.45, 2.75) is 30.4 Å². The van der Waals surface area contributed by atoms with E-state index < -0.39 is 17.9 Å². The van der Waals surface area contributed by atoms with E-state index in [1.54, 1.807) is 12.4 Å². The van der Waals surface area contributed by atoms with Crippen molar-refractivity contribution in [1.29, 1.82) is 0 Å². The van der Waals surface area contributed by atoms with Crippen LogP contribution in [0.4, 0.5) is 14.7 Å². The zero-order valence-electron chi connectivity index (χ0n) is 17.5. The zero-order valence-corrected chi connectivity index (χ0v) is 19.1. The van der Waals surface area contributed by atoms with Crippen molar-refractivity contribution >= 4 is 29.6 Å². The van der Waals surface area contributed by atoms with Crippen molar-refractivity contribution in [3.63, 3.8) is 0 Å². The molecule has 0 bridgehead atoms. The van der Waals surface area contributed by atoms with Crippen molar-refractivity contribution in [3.8, 4) is 0 Å². The van der Waals surface area contributed by atoms with Gasteiger partial charge in [0.2, 0.25) is 5.95 Å². The van der Waals surface area contributed by atoms with E-state index in [9.17, 15) is 8.78 Å². The number of aromatic nitrogens is 2.